The van der Waals surface area contributed by atoms with E-state index in [4.69, 9.17) is 9.47 Å². The molecule has 138 valence electrons. The molecule has 0 spiro atoms. The summed E-state index contributed by atoms with van der Waals surface area (Å²) < 4.78 is 37.9. The summed E-state index contributed by atoms with van der Waals surface area (Å²) in [6.45, 7) is 1.64. The zero-order valence-electron chi connectivity index (χ0n) is 14.6. The summed E-state index contributed by atoms with van der Waals surface area (Å²) in [5.74, 6) is -0.614. The molecule has 1 saturated carbocycles. The number of amides is 1. The van der Waals surface area contributed by atoms with Gasteiger partial charge >= 0.3 is 0 Å². The van der Waals surface area contributed by atoms with Crippen LogP contribution in [0.5, 0.6) is 5.75 Å². The molecule has 1 saturated heterocycles. The van der Waals surface area contributed by atoms with Crippen LogP contribution in [-0.4, -0.2) is 50.8 Å². The molecule has 0 radical (unpaired) electrons. The lowest BCUT2D eigenvalue weighted by Crippen LogP contribution is -2.42. The zero-order valence-corrected chi connectivity index (χ0v) is 14.6. The van der Waals surface area contributed by atoms with Crippen LogP contribution in [0.3, 0.4) is 0 Å². The number of methoxy groups -OCH3 is 2. The van der Waals surface area contributed by atoms with Gasteiger partial charge in [0, 0.05) is 38.3 Å². The first-order valence-corrected chi connectivity index (χ1v) is 8.55. The highest BCUT2D eigenvalue weighted by Gasteiger charge is 2.43. The van der Waals surface area contributed by atoms with Gasteiger partial charge in [0.15, 0.2) is 11.6 Å². The standard InChI is InChI=1S/C18H24F2N2O3/c1-24-10-17(23)21-15-9-22(7-12(15)11-3-4-11)8-13-16(25-2)6-5-14(19)18(13)20/h5-6,11-12,15H,3-4,7-10H2,1-2H3,(H,21,23)/t12-,15+/m1/s1. The van der Waals surface area contributed by atoms with Crippen molar-refractivity contribution in [2.24, 2.45) is 11.8 Å². The summed E-state index contributed by atoms with van der Waals surface area (Å²) in [6.07, 6.45) is 2.32. The number of likely N-dealkylation sites (tertiary alicyclic amines) is 1. The van der Waals surface area contributed by atoms with Crippen LogP contribution < -0.4 is 10.1 Å². The number of hydrogen-bond donors (Lipinski definition) is 1. The number of rotatable bonds is 7. The maximum Gasteiger partial charge on any atom is 0.246 e. The van der Waals surface area contributed by atoms with Gasteiger partial charge in [-0.1, -0.05) is 0 Å². The van der Waals surface area contributed by atoms with Crippen LogP contribution in [-0.2, 0) is 16.1 Å². The Morgan fingerprint density at radius 3 is 2.68 bits per heavy atom. The second-order valence-electron chi connectivity index (χ2n) is 6.84. The van der Waals surface area contributed by atoms with Crippen molar-refractivity contribution in [1.82, 2.24) is 10.2 Å². The molecule has 0 unspecified atom stereocenters. The molecule has 2 aliphatic rings. The van der Waals surface area contributed by atoms with Crippen LogP contribution in [0, 0.1) is 23.5 Å². The highest BCUT2D eigenvalue weighted by molar-refractivity contribution is 5.77. The van der Waals surface area contributed by atoms with Gasteiger partial charge in [-0.25, -0.2) is 8.78 Å². The molecule has 25 heavy (non-hydrogen) atoms. The van der Waals surface area contributed by atoms with Crippen molar-refractivity contribution in [3.63, 3.8) is 0 Å². The Bertz CT molecular complexity index is 637. The lowest BCUT2D eigenvalue weighted by Gasteiger charge is -2.19. The minimum atomic E-state index is -0.876. The Labute approximate surface area is 146 Å². The minimum Gasteiger partial charge on any atom is -0.496 e. The Kier molecular flexibility index (Phi) is 5.54. The third-order valence-electron chi connectivity index (χ3n) is 5.04. The number of halogens is 2. The average molecular weight is 354 g/mol. The number of ether oxygens (including phenoxy) is 2. The van der Waals surface area contributed by atoms with E-state index in [2.05, 4.69) is 10.2 Å². The molecule has 2 fully saturated rings. The van der Waals surface area contributed by atoms with Crippen molar-refractivity contribution < 1.29 is 23.0 Å². The van der Waals surface area contributed by atoms with E-state index in [1.54, 1.807) is 0 Å². The van der Waals surface area contributed by atoms with Crippen LogP contribution in [0.2, 0.25) is 0 Å². The highest BCUT2D eigenvalue weighted by Crippen LogP contribution is 2.42. The average Bonchev–Trinajstić information content (AvgIpc) is 3.35. The molecule has 1 aromatic carbocycles. The fourth-order valence-corrected chi connectivity index (χ4v) is 3.71. The van der Waals surface area contributed by atoms with E-state index in [0.717, 1.165) is 25.5 Å². The van der Waals surface area contributed by atoms with E-state index in [9.17, 15) is 13.6 Å². The van der Waals surface area contributed by atoms with Crippen LogP contribution in [0.25, 0.3) is 0 Å². The maximum absolute atomic E-state index is 14.2. The summed E-state index contributed by atoms with van der Waals surface area (Å²) in [7, 11) is 2.93. The molecule has 1 heterocycles. The summed E-state index contributed by atoms with van der Waals surface area (Å²) >= 11 is 0. The number of benzene rings is 1. The normalized spacial score (nSPS) is 23.7. The summed E-state index contributed by atoms with van der Waals surface area (Å²) in [6, 6.07) is 2.53. The van der Waals surface area contributed by atoms with Crippen LogP contribution >= 0.6 is 0 Å². The summed E-state index contributed by atoms with van der Waals surface area (Å²) in [5.41, 5.74) is 0.223. The van der Waals surface area contributed by atoms with Crippen molar-refractivity contribution in [2.75, 3.05) is 33.9 Å². The Morgan fingerprint density at radius 2 is 2.04 bits per heavy atom. The molecule has 1 aromatic rings. The van der Waals surface area contributed by atoms with Gasteiger partial charge in [-0.05, 0) is 36.8 Å². The van der Waals surface area contributed by atoms with Gasteiger partial charge in [-0.3, -0.25) is 9.69 Å². The number of carbonyl (C=O) groups is 1. The molecule has 5 nitrogen and oxygen atoms in total. The lowest BCUT2D eigenvalue weighted by atomic mass is 9.98. The second kappa shape index (κ2) is 7.66. The van der Waals surface area contributed by atoms with Crippen LogP contribution in [0.1, 0.15) is 18.4 Å². The van der Waals surface area contributed by atoms with Gasteiger partial charge in [-0.2, -0.15) is 0 Å². The number of hydrogen-bond acceptors (Lipinski definition) is 4. The topological polar surface area (TPSA) is 50.8 Å². The van der Waals surface area contributed by atoms with Crippen molar-refractivity contribution >= 4 is 5.91 Å². The van der Waals surface area contributed by atoms with E-state index in [0.29, 0.717) is 24.1 Å². The van der Waals surface area contributed by atoms with Gasteiger partial charge in [0.2, 0.25) is 5.91 Å². The predicted octanol–water partition coefficient (Wildman–Crippen LogP) is 1.95. The first-order valence-electron chi connectivity index (χ1n) is 8.55. The maximum atomic E-state index is 14.2. The Hall–Kier alpha value is -1.73. The van der Waals surface area contributed by atoms with Crippen molar-refractivity contribution in [1.29, 1.82) is 0 Å². The van der Waals surface area contributed by atoms with E-state index in [1.165, 1.54) is 20.3 Å². The SMILES string of the molecule is COCC(=O)N[C@H]1CN(Cc2c(OC)ccc(F)c2F)C[C@@H]1C1CC1. The van der Waals surface area contributed by atoms with Gasteiger partial charge in [0.25, 0.3) is 0 Å². The highest BCUT2D eigenvalue weighted by atomic mass is 19.2. The number of nitrogens with one attached hydrogen (secondary N) is 1. The first-order chi connectivity index (χ1) is 12.0. The molecule has 1 aliphatic heterocycles. The first kappa shape index (κ1) is 18.1. The Morgan fingerprint density at radius 1 is 1.28 bits per heavy atom. The zero-order chi connectivity index (χ0) is 18.0. The fourth-order valence-electron chi connectivity index (χ4n) is 3.71. The van der Waals surface area contributed by atoms with E-state index in [-0.39, 0.29) is 30.7 Å². The molecule has 1 amide bonds. The molecule has 0 bridgehead atoms. The van der Waals surface area contributed by atoms with E-state index < -0.39 is 11.6 Å². The van der Waals surface area contributed by atoms with Gasteiger partial charge in [0.05, 0.1) is 7.11 Å². The van der Waals surface area contributed by atoms with Crippen LogP contribution in [0.15, 0.2) is 12.1 Å². The fraction of sp³-hybridized carbons (Fsp3) is 0.611. The third-order valence-corrected chi connectivity index (χ3v) is 5.04. The monoisotopic (exact) mass is 354 g/mol. The summed E-state index contributed by atoms with van der Waals surface area (Å²) in [5, 5.41) is 3.02. The Balaban J connectivity index is 1.72. The third kappa shape index (κ3) is 4.10. The van der Waals surface area contributed by atoms with E-state index >= 15 is 0 Å². The van der Waals surface area contributed by atoms with Gasteiger partial charge < -0.3 is 14.8 Å². The minimum absolute atomic E-state index is 0.0118. The quantitative estimate of drug-likeness (QED) is 0.813. The predicted molar refractivity (Wildman–Crippen MR) is 88.2 cm³/mol. The largest absolute Gasteiger partial charge is 0.496 e. The lowest BCUT2D eigenvalue weighted by molar-refractivity contribution is -0.125. The second-order valence-corrected chi connectivity index (χ2v) is 6.84. The molecule has 3 rings (SSSR count). The molecule has 7 heteroatoms. The number of nitrogens with zero attached hydrogens (tertiary/aromatic N) is 1. The van der Waals surface area contributed by atoms with Crippen molar-refractivity contribution in [3.05, 3.63) is 29.3 Å². The van der Waals surface area contributed by atoms with Crippen molar-refractivity contribution in [2.45, 2.75) is 25.4 Å². The molecular formula is C18H24F2N2O3. The molecule has 1 N–H and O–H groups in total. The molecule has 2 atom stereocenters. The smallest absolute Gasteiger partial charge is 0.246 e. The van der Waals surface area contributed by atoms with E-state index in [1.807, 2.05) is 0 Å². The van der Waals surface area contributed by atoms with Gasteiger partial charge in [0.1, 0.15) is 12.4 Å². The molecular weight excluding hydrogens is 330 g/mol. The summed E-state index contributed by atoms with van der Waals surface area (Å²) in [4.78, 5) is 13.9. The number of carbonyl (C=O) groups excluding carboxylic acids is 1. The van der Waals surface area contributed by atoms with Crippen molar-refractivity contribution in [3.8, 4) is 5.75 Å². The molecule has 1 aliphatic carbocycles. The molecule has 0 aromatic heterocycles. The van der Waals surface area contributed by atoms with Gasteiger partial charge in [-0.15, -0.1) is 0 Å². The van der Waals surface area contributed by atoms with Crippen LogP contribution in [0.4, 0.5) is 8.78 Å².